The summed E-state index contributed by atoms with van der Waals surface area (Å²) in [6, 6.07) is 11.8. The lowest BCUT2D eigenvalue weighted by molar-refractivity contribution is -0.148. The van der Waals surface area contributed by atoms with Gasteiger partial charge in [0.1, 0.15) is 5.75 Å². The van der Waals surface area contributed by atoms with Crippen molar-refractivity contribution >= 4 is 11.9 Å². The van der Waals surface area contributed by atoms with Gasteiger partial charge in [-0.15, -0.1) is 0 Å². The van der Waals surface area contributed by atoms with Crippen molar-refractivity contribution in [3.63, 3.8) is 0 Å². The Morgan fingerprint density at radius 1 is 1.00 bits per heavy atom. The highest BCUT2D eigenvalue weighted by Gasteiger charge is 2.09. The first kappa shape index (κ1) is 25.3. The van der Waals surface area contributed by atoms with Gasteiger partial charge in [-0.05, 0) is 63.1 Å². The average molecular weight is 438 g/mol. The second kappa shape index (κ2) is 14.2. The van der Waals surface area contributed by atoms with Crippen LogP contribution < -0.4 is 4.74 Å². The lowest BCUT2D eigenvalue weighted by Gasteiger charge is -2.12. The molecule has 0 fully saturated rings. The second-order valence-corrected chi connectivity index (χ2v) is 7.87. The van der Waals surface area contributed by atoms with Gasteiger partial charge in [0.15, 0.2) is 0 Å². The van der Waals surface area contributed by atoms with E-state index in [2.05, 4.69) is 36.2 Å². The largest absolute Gasteiger partial charge is 0.463 e. The van der Waals surface area contributed by atoms with Crippen LogP contribution in [0, 0.1) is 0 Å². The fraction of sp³-hybridized carbons (Fsp3) is 0.444. The van der Waals surface area contributed by atoms with Crippen LogP contribution in [0.3, 0.4) is 0 Å². The van der Waals surface area contributed by atoms with Gasteiger partial charge < -0.3 is 9.47 Å². The number of hydrogen-bond donors (Lipinski definition) is 0. The van der Waals surface area contributed by atoms with E-state index >= 15 is 0 Å². The quantitative estimate of drug-likeness (QED) is 0.204. The van der Waals surface area contributed by atoms with Gasteiger partial charge in [0.2, 0.25) is 0 Å². The molecule has 1 aromatic heterocycles. The highest BCUT2D eigenvalue weighted by molar-refractivity contribution is 5.72. The molecule has 2 rings (SSSR count). The zero-order valence-electron chi connectivity index (χ0n) is 19.5. The maximum atomic E-state index is 12.0. The number of carbonyl (C=O) groups excluding carboxylic acids is 2. The Labute approximate surface area is 191 Å². The van der Waals surface area contributed by atoms with E-state index in [4.69, 9.17) is 9.47 Å². The van der Waals surface area contributed by atoms with Gasteiger partial charge in [-0.3, -0.25) is 14.6 Å². The van der Waals surface area contributed by atoms with Crippen molar-refractivity contribution in [2.75, 3.05) is 0 Å². The summed E-state index contributed by atoms with van der Waals surface area (Å²) in [6.45, 7) is 5.83. The van der Waals surface area contributed by atoms with Crippen LogP contribution in [0.1, 0.15) is 71.3 Å². The number of aryl methyl sites for hydroxylation is 1. The van der Waals surface area contributed by atoms with Gasteiger partial charge in [-0.25, -0.2) is 0 Å². The van der Waals surface area contributed by atoms with E-state index in [9.17, 15) is 9.59 Å². The van der Waals surface area contributed by atoms with Gasteiger partial charge in [0, 0.05) is 18.4 Å². The van der Waals surface area contributed by atoms with Crippen molar-refractivity contribution in [2.45, 2.75) is 78.2 Å². The van der Waals surface area contributed by atoms with E-state index in [1.165, 1.54) is 5.56 Å². The van der Waals surface area contributed by atoms with Crippen LogP contribution in [0.5, 0.6) is 5.75 Å². The highest BCUT2D eigenvalue weighted by atomic mass is 16.5. The van der Waals surface area contributed by atoms with Gasteiger partial charge >= 0.3 is 11.9 Å². The van der Waals surface area contributed by atoms with Crippen molar-refractivity contribution in [3.05, 3.63) is 60.3 Å². The molecular formula is C27H35NO4. The van der Waals surface area contributed by atoms with Crippen LogP contribution >= 0.6 is 0 Å². The molecule has 0 radical (unpaired) electrons. The molecule has 0 N–H and O–H groups in total. The Morgan fingerprint density at radius 2 is 1.78 bits per heavy atom. The number of rotatable bonds is 13. The number of aromatic nitrogens is 1. The third-order valence-corrected chi connectivity index (χ3v) is 5.08. The molecular weight excluding hydrogens is 402 g/mol. The molecule has 0 bridgehead atoms. The first-order valence-electron chi connectivity index (χ1n) is 11.6. The minimum absolute atomic E-state index is 0.0862. The minimum atomic E-state index is -0.220. The standard InChI is InChI=1S/C27H35NO4/c1-4-6-7-8-9-10-11-27(30)32-24-18-19-25(28-20-24)23-16-14-22(15-17-23)13-12-21(3)31-26(29)5-2/h6-7,14-21H,4-5,8-13H2,1-3H3. The predicted octanol–water partition coefficient (Wildman–Crippen LogP) is 6.45. The number of esters is 2. The van der Waals surface area contributed by atoms with E-state index in [1.807, 2.05) is 25.1 Å². The molecule has 0 amide bonds. The summed E-state index contributed by atoms with van der Waals surface area (Å²) in [6.07, 6.45) is 12.1. The molecule has 0 saturated carbocycles. The number of benzene rings is 1. The lowest BCUT2D eigenvalue weighted by atomic mass is 10.0. The number of pyridine rings is 1. The molecule has 32 heavy (non-hydrogen) atoms. The molecule has 5 heteroatoms. The zero-order valence-corrected chi connectivity index (χ0v) is 19.5. The maximum absolute atomic E-state index is 12.0. The first-order valence-corrected chi connectivity index (χ1v) is 11.6. The highest BCUT2D eigenvalue weighted by Crippen LogP contribution is 2.21. The summed E-state index contributed by atoms with van der Waals surface area (Å²) in [4.78, 5) is 27.8. The fourth-order valence-electron chi connectivity index (χ4n) is 3.19. The molecule has 1 heterocycles. The SMILES string of the molecule is CCC=CCCCCC(=O)Oc1ccc(-c2ccc(CCC(C)OC(=O)CC)cc2)nc1. The Kier molecular flexibility index (Phi) is 11.2. The number of ether oxygens (including phenoxy) is 2. The van der Waals surface area contributed by atoms with E-state index < -0.39 is 0 Å². The summed E-state index contributed by atoms with van der Waals surface area (Å²) in [7, 11) is 0. The first-order chi connectivity index (χ1) is 15.5. The smallest absolute Gasteiger partial charge is 0.311 e. The molecule has 1 unspecified atom stereocenters. The lowest BCUT2D eigenvalue weighted by Crippen LogP contribution is -2.14. The normalized spacial score (nSPS) is 12.0. The summed E-state index contributed by atoms with van der Waals surface area (Å²) in [5.74, 6) is 0.0898. The van der Waals surface area contributed by atoms with Crippen molar-refractivity contribution in [3.8, 4) is 17.0 Å². The number of unbranched alkanes of at least 4 members (excludes halogenated alkanes) is 2. The van der Waals surface area contributed by atoms with Gasteiger partial charge in [-0.1, -0.05) is 50.3 Å². The second-order valence-electron chi connectivity index (χ2n) is 7.87. The molecule has 0 spiro atoms. The Bertz CT molecular complexity index is 856. The van der Waals surface area contributed by atoms with Crippen LogP contribution in [0.25, 0.3) is 11.3 Å². The number of hydrogen-bond acceptors (Lipinski definition) is 5. The Balaban J connectivity index is 1.79. The number of allylic oxidation sites excluding steroid dienone is 2. The molecule has 1 aromatic carbocycles. The topological polar surface area (TPSA) is 65.5 Å². The summed E-state index contributed by atoms with van der Waals surface area (Å²) < 4.78 is 10.7. The zero-order chi connectivity index (χ0) is 23.2. The van der Waals surface area contributed by atoms with Crippen molar-refractivity contribution in [2.24, 2.45) is 0 Å². The number of carbonyl (C=O) groups is 2. The van der Waals surface area contributed by atoms with Crippen molar-refractivity contribution < 1.29 is 19.1 Å². The average Bonchev–Trinajstić information content (AvgIpc) is 2.81. The molecule has 0 aliphatic rings. The van der Waals surface area contributed by atoms with Crippen molar-refractivity contribution in [1.29, 1.82) is 0 Å². The predicted molar refractivity (Wildman–Crippen MR) is 127 cm³/mol. The fourth-order valence-corrected chi connectivity index (χ4v) is 3.19. The van der Waals surface area contributed by atoms with Crippen molar-refractivity contribution in [1.82, 2.24) is 4.98 Å². The molecule has 5 nitrogen and oxygen atoms in total. The van der Waals surface area contributed by atoms with Crippen LogP contribution in [-0.2, 0) is 20.7 Å². The van der Waals surface area contributed by atoms with Crippen LogP contribution in [0.15, 0.2) is 54.7 Å². The Morgan fingerprint density at radius 3 is 2.44 bits per heavy atom. The summed E-state index contributed by atoms with van der Waals surface area (Å²) in [5.41, 5.74) is 3.01. The molecule has 172 valence electrons. The molecule has 0 saturated heterocycles. The van der Waals surface area contributed by atoms with E-state index in [-0.39, 0.29) is 18.0 Å². The minimum Gasteiger partial charge on any atom is -0.463 e. The van der Waals surface area contributed by atoms with Crippen LogP contribution in [0.2, 0.25) is 0 Å². The van der Waals surface area contributed by atoms with Gasteiger partial charge in [0.05, 0.1) is 18.0 Å². The molecule has 0 aliphatic heterocycles. The molecule has 0 aliphatic carbocycles. The van der Waals surface area contributed by atoms with E-state index in [0.717, 1.165) is 49.8 Å². The monoisotopic (exact) mass is 437 g/mol. The third-order valence-electron chi connectivity index (χ3n) is 5.08. The third kappa shape index (κ3) is 9.46. The molecule has 1 atom stereocenters. The van der Waals surface area contributed by atoms with Gasteiger partial charge in [-0.2, -0.15) is 0 Å². The summed E-state index contributed by atoms with van der Waals surface area (Å²) in [5, 5.41) is 0. The maximum Gasteiger partial charge on any atom is 0.311 e. The van der Waals surface area contributed by atoms with E-state index in [1.54, 1.807) is 19.2 Å². The summed E-state index contributed by atoms with van der Waals surface area (Å²) >= 11 is 0. The van der Waals surface area contributed by atoms with Crippen LogP contribution in [-0.4, -0.2) is 23.0 Å². The van der Waals surface area contributed by atoms with Crippen LogP contribution in [0.4, 0.5) is 0 Å². The Hall–Kier alpha value is -2.95. The molecule has 2 aromatic rings. The van der Waals surface area contributed by atoms with Gasteiger partial charge in [0.25, 0.3) is 0 Å². The number of nitrogens with zero attached hydrogens (tertiary/aromatic N) is 1. The van der Waals surface area contributed by atoms with E-state index in [0.29, 0.717) is 18.6 Å².